The molecule has 12 heterocycles. The molecule has 20 rings (SSSR count). The van der Waals surface area contributed by atoms with Gasteiger partial charge in [-0.3, -0.25) is 15.0 Å². The number of benzene rings is 8. The zero-order valence-electron chi connectivity index (χ0n) is 73.8. The van der Waals surface area contributed by atoms with Crippen molar-refractivity contribution in [2.45, 2.75) is 53.4 Å². The van der Waals surface area contributed by atoms with Crippen molar-refractivity contribution in [1.82, 2.24) is 64.8 Å². The molecule has 133 heavy (non-hydrogen) atoms. The van der Waals surface area contributed by atoms with Crippen LogP contribution >= 0.6 is 0 Å². The van der Waals surface area contributed by atoms with Crippen molar-refractivity contribution in [3.05, 3.63) is 504 Å². The zero-order chi connectivity index (χ0) is 88.9. The summed E-state index contributed by atoms with van der Waals surface area (Å²) in [6, 6.07) is 148. The SMILES string of the molecule is CC(C)Cc1cccc(-c2ccnc(-c3[c-]cccc3)c2)n1.CC(C)c1cccc(-c2ccnc(-c3[c-]cccc3)c2)n1.CCc1cccc(-c2ccnc(-c3[c-]cccc3)c2)n1.[Ir].[Ir].[Ir].[Ir].[c-]1ccccc1-c1cc(-c2ccncn2)ccn1.[c-]1ccccc1-c1ccccn1.[c-]1ccccc1-c1ccccn1.[c-]1ccccc1-c1ccccn1.[c-]1ccccc1-c1ccccn1. The smallest absolute Gasteiger partial charge is 0.116 e. The molecular weight excluding hydrogens is 2340 g/mol. The molecule has 0 saturated carbocycles. The topological polar surface area (TPSA) is 168 Å². The van der Waals surface area contributed by atoms with Crippen molar-refractivity contribution in [3.8, 4) is 135 Å². The molecule has 20 aromatic rings. The Balaban J connectivity index is 0.000000172. The van der Waals surface area contributed by atoms with Gasteiger partial charge in [-0.15, -0.1) is 287 Å². The molecule has 0 bridgehead atoms. The predicted molar refractivity (Wildman–Crippen MR) is 521 cm³/mol. The molecule has 12 aromatic heterocycles. The summed E-state index contributed by atoms with van der Waals surface area (Å²) >= 11 is 0. The molecule has 0 N–H and O–H groups in total. The third-order valence-electron chi connectivity index (χ3n) is 19.3. The third kappa shape index (κ3) is 33.5. The Bertz CT molecular complexity index is 6090. The van der Waals surface area contributed by atoms with Gasteiger partial charge in [0.2, 0.25) is 0 Å². The summed E-state index contributed by atoms with van der Waals surface area (Å²) in [6.45, 7) is 10.9. The van der Waals surface area contributed by atoms with Crippen LogP contribution in [0.5, 0.6) is 0 Å². The fourth-order valence-electron chi connectivity index (χ4n) is 12.9. The van der Waals surface area contributed by atoms with Gasteiger partial charge in [-0.2, -0.15) is 0 Å². The molecule has 17 heteroatoms. The number of hydrogen-bond donors (Lipinski definition) is 0. The van der Waals surface area contributed by atoms with Crippen LogP contribution in [0.25, 0.3) is 135 Å². The predicted octanol–water partition coefficient (Wildman–Crippen LogP) is 26.9. The first-order valence-electron chi connectivity index (χ1n) is 42.5. The van der Waals surface area contributed by atoms with E-state index in [-0.39, 0.29) is 80.4 Å². The van der Waals surface area contributed by atoms with Crippen LogP contribution < -0.4 is 0 Å². The molecule has 4 radical (unpaired) electrons. The van der Waals surface area contributed by atoms with Crippen molar-refractivity contribution in [3.63, 3.8) is 0 Å². The van der Waals surface area contributed by atoms with E-state index < -0.39 is 0 Å². The first-order chi connectivity index (χ1) is 63.6. The minimum Gasteiger partial charge on any atom is -0.305 e. The van der Waals surface area contributed by atoms with E-state index in [1.807, 2.05) is 334 Å². The molecule has 0 atom stereocenters. The van der Waals surface area contributed by atoms with Crippen molar-refractivity contribution in [2.75, 3.05) is 0 Å². The second-order valence-electron chi connectivity index (χ2n) is 29.5. The normalized spacial score (nSPS) is 9.95. The molecule has 0 aliphatic rings. The fraction of sp³-hybridized carbons (Fsp3) is 0.0776. The van der Waals surface area contributed by atoms with Crippen LogP contribution in [0.15, 0.2) is 438 Å². The molecule has 0 amide bonds. The standard InChI is InChI=1S/C20H19N2.C19H17N2.C18H15N2.C15H10N3.4C11H8N.4Ir/c1-15(2)13-18-9-6-10-19(22-18)17-11-12-21-20(14-17)16-7-4-3-5-8-16;1-14(2)17-9-6-10-18(21-17)16-11-12-20-19(13-16)15-7-4-3-5-8-15;1-2-16-9-6-10-17(20-16)15-11-12-19-18(13-15)14-7-4-3-5-8-14;1-2-4-12(5-3-1)15-10-13(6-9-17-15)14-7-8-16-11-18-14;4*1-2-6-10(7-3-1)11-8-4-5-9-12-11;;;;/h3-7,9-12,14-15H,13H2,1-2H3;3-7,9-14H,1-2H3;3-7,9-13H,2H2,1H3;1-4,6-11H;4*1-6,8-9H;;;;/q8*-1;;;;. The van der Waals surface area contributed by atoms with Crippen LogP contribution in [0.3, 0.4) is 0 Å². The molecule has 666 valence electrons. The summed E-state index contributed by atoms with van der Waals surface area (Å²) in [7, 11) is 0. The number of aryl methyl sites for hydroxylation is 1. The van der Waals surface area contributed by atoms with Crippen LogP contribution in [0.4, 0.5) is 0 Å². The summed E-state index contributed by atoms with van der Waals surface area (Å²) < 4.78 is 0. The number of hydrogen-bond acceptors (Lipinski definition) is 13. The van der Waals surface area contributed by atoms with Crippen LogP contribution in [0, 0.1) is 54.4 Å². The minimum atomic E-state index is 0. The van der Waals surface area contributed by atoms with Crippen molar-refractivity contribution in [1.29, 1.82) is 0 Å². The largest absolute Gasteiger partial charge is 0.305 e. The Labute approximate surface area is 836 Å². The maximum atomic E-state index is 4.78. The fourth-order valence-corrected chi connectivity index (χ4v) is 12.9. The molecule has 0 spiro atoms. The van der Waals surface area contributed by atoms with Gasteiger partial charge in [0, 0.05) is 153 Å². The summed E-state index contributed by atoms with van der Waals surface area (Å²) in [5.74, 6) is 1.03. The van der Waals surface area contributed by atoms with Gasteiger partial charge in [0.15, 0.2) is 0 Å². The number of rotatable bonds is 16. The van der Waals surface area contributed by atoms with Crippen LogP contribution in [-0.2, 0) is 93.3 Å². The quantitative estimate of drug-likeness (QED) is 0.0839. The van der Waals surface area contributed by atoms with Gasteiger partial charge < -0.3 is 39.9 Å². The monoisotopic (exact) mass is 2440 g/mol. The Kier molecular flexibility index (Phi) is 44.3. The van der Waals surface area contributed by atoms with Gasteiger partial charge in [0.25, 0.3) is 0 Å². The van der Waals surface area contributed by atoms with Gasteiger partial charge in [0.05, 0.1) is 22.8 Å². The average molecular weight is 2440 g/mol. The molecule has 0 aliphatic carbocycles. The van der Waals surface area contributed by atoms with E-state index in [0.717, 1.165) is 165 Å². The minimum absolute atomic E-state index is 0. The van der Waals surface area contributed by atoms with E-state index in [0.29, 0.717) is 11.8 Å². The van der Waals surface area contributed by atoms with Gasteiger partial charge >= 0.3 is 0 Å². The average Bonchev–Trinajstić information content (AvgIpc) is 0.830. The maximum Gasteiger partial charge on any atom is 0.116 e. The van der Waals surface area contributed by atoms with E-state index in [9.17, 15) is 0 Å². The summed E-state index contributed by atoms with van der Waals surface area (Å²) in [6.07, 6.45) is 19.6. The Morgan fingerprint density at radius 1 is 0.218 bits per heavy atom. The Morgan fingerprint density at radius 2 is 0.481 bits per heavy atom. The molecule has 0 aliphatic heterocycles. The zero-order valence-corrected chi connectivity index (χ0v) is 83.4. The molecule has 13 nitrogen and oxygen atoms in total. The second kappa shape index (κ2) is 57.3. The number of nitrogens with zero attached hydrogens (tertiary/aromatic N) is 13. The molecular formula is C116H93Ir4N13-8. The molecule has 8 aromatic carbocycles. The third-order valence-corrected chi connectivity index (χ3v) is 19.3. The first kappa shape index (κ1) is 103. The first-order valence-corrected chi connectivity index (χ1v) is 42.5. The van der Waals surface area contributed by atoms with Gasteiger partial charge in [-0.1, -0.05) is 126 Å². The summed E-state index contributed by atoms with van der Waals surface area (Å²) in [4.78, 5) is 56.9. The van der Waals surface area contributed by atoms with Crippen molar-refractivity contribution in [2.24, 2.45) is 5.92 Å². The molecule has 0 fully saturated rings. The summed E-state index contributed by atoms with van der Waals surface area (Å²) in [5, 5.41) is 0. The number of aromatic nitrogens is 13. The van der Waals surface area contributed by atoms with E-state index in [2.05, 4.69) is 199 Å². The van der Waals surface area contributed by atoms with E-state index in [1.165, 1.54) is 0 Å². The van der Waals surface area contributed by atoms with Crippen LogP contribution in [-0.4, -0.2) is 64.8 Å². The van der Waals surface area contributed by atoms with Gasteiger partial charge in [-0.25, -0.2) is 9.97 Å². The van der Waals surface area contributed by atoms with Gasteiger partial charge in [-0.05, 0) is 183 Å². The van der Waals surface area contributed by atoms with Crippen LogP contribution in [0.2, 0.25) is 0 Å². The van der Waals surface area contributed by atoms with E-state index in [4.69, 9.17) is 9.97 Å². The summed E-state index contributed by atoms with van der Waals surface area (Å²) in [5.41, 5.74) is 27.2. The van der Waals surface area contributed by atoms with E-state index >= 15 is 0 Å². The molecule has 0 unspecified atom stereocenters. The molecule has 0 saturated heterocycles. The maximum absolute atomic E-state index is 4.78. The van der Waals surface area contributed by atoms with Crippen LogP contribution in [0.1, 0.15) is 57.6 Å². The Hall–Kier alpha value is -13.9. The Morgan fingerprint density at radius 3 is 0.744 bits per heavy atom. The van der Waals surface area contributed by atoms with Gasteiger partial charge in [0.1, 0.15) is 6.33 Å². The van der Waals surface area contributed by atoms with E-state index in [1.54, 1.807) is 43.5 Å². The van der Waals surface area contributed by atoms with Crippen molar-refractivity contribution < 1.29 is 80.4 Å². The van der Waals surface area contributed by atoms with Crippen molar-refractivity contribution >= 4 is 0 Å². The second-order valence-corrected chi connectivity index (χ2v) is 29.5. The number of pyridine rings is 11.